The van der Waals surface area contributed by atoms with Crippen molar-refractivity contribution in [3.63, 3.8) is 0 Å². The molecule has 2 heterocycles. The summed E-state index contributed by atoms with van der Waals surface area (Å²) in [6.45, 7) is 0. The Labute approximate surface area is 115 Å². The molecule has 2 aromatic heterocycles. The Balaban J connectivity index is 1.76. The predicted octanol–water partition coefficient (Wildman–Crippen LogP) is 4.38. The first-order valence-electron chi connectivity index (χ1n) is 6.62. The summed E-state index contributed by atoms with van der Waals surface area (Å²) in [5, 5.41) is 1.83. The van der Waals surface area contributed by atoms with Crippen molar-refractivity contribution in [1.29, 1.82) is 0 Å². The van der Waals surface area contributed by atoms with Crippen LogP contribution >= 0.6 is 0 Å². The monoisotopic (exact) mass is 264 g/mol. The molecule has 0 aliphatic rings. The molecular formula is C17H13FN2. The summed E-state index contributed by atoms with van der Waals surface area (Å²) < 4.78 is 14.0. The van der Waals surface area contributed by atoms with E-state index in [2.05, 4.69) is 22.1 Å². The van der Waals surface area contributed by atoms with Crippen LogP contribution in [0.4, 0.5) is 4.39 Å². The number of hydrogen-bond donors (Lipinski definition) is 2. The molecule has 4 rings (SSSR count). The van der Waals surface area contributed by atoms with Gasteiger partial charge < -0.3 is 9.97 Å². The lowest BCUT2D eigenvalue weighted by atomic mass is 10.1. The van der Waals surface area contributed by atoms with Crippen LogP contribution in [0.5, 0.6) is 0 Å². The molecule has 0 saturated carbocycles. The molecule has 2 nitrogen and oxygen atoms in total. The molecule has 2 aromatic carbocycles. The minimum Gasteiger partial charge on any atom is -0.361 e. The van der Waals surface area contributed by atoms with Crippen LogP contribution in [0.15, 0.2) is 54.7 Å². The Hall–Kier alpha value is -2.55. The molecule has 0 amide bonds. The highest BCUT2D eigenvalue weighted by atomic mass is 19.1. The van der Waals surface area contributed by atoms with Crippen molar-refractivity contribution in [3.8, 4) is 0 Å². The maximum Gasteiger partial charge on any atom is 0.132 e. The lowest BCUT2D eigenvalue weighted by molar-refractivity contribution is 0.638. The summed E-state index contributed by atoms with van der Waals surface area (Å²) >= 11 is 0. The number of halogens is 1. The van der Waals surface area contributed by atoms with E-state index < -0.39 is 0 Å². The fraction of sp³-hybridized carbons (Fsp3) is 0.0588. The first kappa shape index (κ1) is 11.3. The zero-order valence-electron chi connectivity index (χ0n) is 10.8. The highest BCUT2D eigenvalue weighted by molar-refractivity contribution is 5.82. The minimum absolute atomic E-state index is 0.171. The van der Waals surface area contributed by atoms with E-state index in [0.717, 1.165) is 22.3 Å². The minimum atomic E-state index is -0.171. The van der Waals surface area contributed by atoms with Gasteiger partial charge in [-0.05, 0) is 41.3 Å². The van der Waals surface area contributed by atoms with E-state index >= 15 is 0 Å². The largest absolute Gasteiger partial charge is 0.361 e. The molecule has 2 N–H and O–H groups in total. The van der Waals surface area contributed by atoms with Crippen molar-refractivity contribution in [3.05, 3.63) is 71.8 Å². The fourth-order valence-corrected chi connectivity index (χ4v) is 2.73. The molecule has 4 aromatic rings. The third kappa shape index (κ3) is 1.79. The molecule has 0 aliphatic carbocycles. The number of benzene rings is 2. The topological polar surface area (TPSA) is 31.6 Å². The van der Waals surface area contributed by atoms with Crippen molar-refractivity contribution in [2.24, 2.45) is 0 Å². The summed E-state index contributed by atoms with van der Waals surface area (Å²) in [4.78, 5) is 6.44. The highest BCUT2D eigenvalue weighted by Gasteiger charge is 2.07. The number of aromatic nitrogens is 2. The van der Waals surface area contributed by atoms with E-state index in [9.17, 15) is 4.39 Å². The van der Waals surface area contributed by atoms with Gasteiger partial charge in [-0.2, -0.15) is 0 Å². The maximum atomic E-state index is 14.0. The van der Waals surface area contributed by atoms with Gasteiger partial charge in [0, 0.05) is 34.7 Å². The second-order valence-electron chi connectivity index (χ2n) is 5.08. The van der Waals surface area contributed by atoms with Gasteiger partial charge in [-0.3, -0.25) is 0 Å². The number of H-pyrrole nitrogens is 2. The molecule has 0 spiro atoms. The lowest BCUT2D eigenvalue weighted by Gasteiger charge is -2.01. The summed E-state index contributed by atoms with van der Waals surface area (Å²) in [6, 6.07) is 15.6. The zero-order chi connectivity index (χ0) is 13.5. The molecule has 0 bridgehead atoms. The van der Waals surface area contributed by atoms with Crippen LogP contribution in [-0.2, 0) is 6.42 Å². The van der Waals surface area contributed by atoms with Gasteiger partial charge in [0.05, 0.1) is 0 Å². The molecule has 20 heavy (non-hydrogen) atoms. The summed E-state index contributed by atoms with van der Waals surface area (Å²) in [5.41, 5.74) is 4.01. The number of hydrogen-bond acceptors (Lipinski definition) is 0. The van der Waals surface area contributed by atoms with Gasteiger partial charge in [0.2, 0.25) is 0 Å². The van der Waals surface area contributed by atoms with E-state index in [1.54, 1.807) is 18.3 Å². The highest BCUT2D eigenvalue weighted by Crippen LogP contribution is 2.22. The van der Waals surface area contributed by atoms with Gasteiger partial charge in [-0.25, -0.2) is 4.39 Å². The van der Waals surface area contributed by atoms with Gasteiger partial charge in [-0.15, -0.1) is 0 Å². The van der Waals surface area contributed by atoms with E-state index in [4.69, 9.17) is 0 Å². The molecule has 0 unspecified atom stereocenters. The smallest absolute Gasteiger partial charge is 0.132 e. The normalized spacial score (nSPS) is 11.4. The number of fused-ring (bicyclic) bond motifs is 2. The summed E-state index contributed by atoms with van der Waals surface area (Å²) in [5.74, 6) is -0.171. The Kier molecular flexibility index (Phi) is 2.39. The Bertz CT molecular complexity index is 869. The van der Waals surface area contributed by atoms with Crippen LogP contribution in [0.1, 0.15) is 11.3 Å². The first-order valence-corrected chi connectivity index (χ1v) is 6.62. The van der Waals surface area contributed by atoms with Crippen molar-refractivity contribution in [2.75, 3.05) is 0 Å². The molecule has 0 fully saturated rings. The molecule has 3 heteroatoms. The summed E-state index contributed by atoms with van der Waals surface area (Å²) in [6.07, 6.45) is 2.46. The van der Waals surface area contributed by atoms with Gasteiger partial charge in [-0.1, -0.05) is 18.2 Å². The maximum absolute atomic E-state index is 14.0. The van der Waals surface area contributed by atoms with Gasteiger partial charge in [0.1, 0.15) is 5.82 Å². The molecule has 98 valence electrons. The van der Waals surface area contributed by atoms with Crippen molar-refractivity contribution in [1.82, 2.24) is 9.97 Å². The van der Waals surface area contributed by atoms with Crippen LogP contribution in [0.2, 0.25) is 0 Å². The van der Waals surface area contributed by atoms with Crippen molar-refractivity contribution in [2.45, 2.75) is 6.42 Å². The first-order chi connectivity index (χ1) is 9.79. The average molecular weight is 264 g/mol. The SMILES string of the molecule is Fc1cc(Cc2cc3ccccc3[nH]2)cc2[nH]ccc12. The standard InChI is InChI=1S/C17H13FN2/c18-15-8-11(9-17-14(15)5-6-19-17)7-13-10-12-3-1-2-4-16(12)20-13/h1-6,8-10,19-20H,7H2. The third-order valence-electron chi connectivity index (χ3n) is 3.66. The van der Waals surface area contributed by atoms with Crippen LogP contribution in [0, 0.1) is 5.82 Å². The third-order valence-corrected chi connectivity index (χ3v) is 3.66. The van der Waals surface area contributed by atoms with Crippen LogP contribution in [0.25, 0.3) is 21.8 Å². The molecule has 0 atom stereocenters. The van der Waals surface area contributed by atoms with Gasteiger partial charge >= 0.3 is 0 Å². The van der Waals surface area contributed by atoms with Crippen molar-refractivity contribution < 1.29 is 4.39 Å². The number of para-hydroxylation sites is 1. The Morgan fingerprint density at radius 3 is 2.75 bits per heavy atom. The number of nitrogens with one attached hydrogen (secondary N) is 2. The Morgan fingerprint density at radius 2 is 1.85 bits per heavy atom. The predicted molar refractivity (Wildman–Crippen MR) is 79.4 cm³/mol. The lowest BCUT2D eigenvalue weighted by Crippen LogP contribution is -1.90. The van der Waals surface area contributed by atoms with E-state index in [-0.39, 0.29) is 5.82 Å². The second kappa shape index (κ2) is 4.23. The quantitative estimate of drug-likeness (QED) is 0.538. The molecular weight excluding hydrogens is 251 g/mol. The van der Waals surface area contributed by atoms with E-state index in [0.29, 0.717) is 11.8 Å². The van der Waals surface area contributed by atoms with Crippen molar-refractivity contribution >= 4 is 21.8 Å². The van der Waals surface area contributed by atoms with E-state index in [1.807, 2.05) is 24.3 Å². The summed E-state index contributed by atoms with van der Waals surface area (Å²) in [7, 11) is 0. The average Bonchev–Trinajstić information content (AvgIpc) is 3.04. The zero-order valence-corrected chi connectivity index (χ0v) is 10.8. The molecule has 0 aliphatic heterocycles. The van der Waals surface area contributed by atoms with Crippen LogP contribution < -0.4 is 0 Å². The molecule has 0 radical (unpaired) electrons. The van der Waals surface area contributed by atoms with E-state index in [1.165, 1.54) is 5.39 Å². The van der Waals surface area contributed by atoms with Gasteiger partial charge in [0.25, 0.3) is 0 Å². The fourth-order valence-electron chi connectivity index (χ4n) is 2.73. The van der Waals surface area contributed by atoms with Gasteiger partial charge in [0.15, 0.2) is 0 Å². The van der Waals surface area contributed by atoms with Crippen LogP contribution in [0.3, 0.4) is 0 Å². The number of aromatic amines is 2. The van der Waals surface area contributed by atoms with Crippen LogP contribution in [-0.4, -0.2) is 9.97 Å². The second-order valence-corrected chi connectivity index (χ2v) is 5.08. The molecule has 0 saturated heterocycles. The Morgan fingerprint density at radius 1 is 0.950 bits per heavy atom. The number of rotatable bonds is 2.